The molecule has 0 spiro atoms. The largest absolute Gasteiger partial charge is 0.496 e. The number of likely N-dealkylation sites (tertiary alicyclic amines) is 1. The molecule has 2 aliphatic heterocycles. The van der Waals surface area contributed by atoms with Gasteiger partial charge in [0.15, 0.2) is 11.5 Å². The van der Waals surface area contributed by atoms with Crippen LogP contribution in [0.2, 0.25) is 0 Å². The van der Waals surface area contributed by atoms with Gasteiger partial charge in [-0.25, -0.2) is 0 Å². The van der Waals surface area contributed by atoms with Crippen LogP contribution >= 0.6 is 0 Å². The number of benzene rings is 1. The lowest BCUT2D eigenvalue weighted by molar-refractivity contribution is -0.0880. The Morgan fingerprint density at radius 1 is 1.20 bits per heavy atom. The second-order valence-electron chi connectivity index (χ2n) is 7.24. The van der Waals surface area contributed by atoms with Crippen molar-refractivity contribution in [2.24, 2.45) is 0 Å². The van der Waals surface area contributed by atoms with E-state index in [-0.39, 0.29) is 17.7 Å². The molecule has 1 N–H and O–H groups in total. The minimum absolute atomic E-state index is 0.125. The molecule has 2 heterocycles. The molecule has 1 aromatic rings. The van der Waals surface area contributed by atoms with Crippen LogP contribution in [0.4, 0.5) is 0 Å². The maximum Gasteiger partial charge on any atom is 0.165 e. The molecule has 1 aromatic carbocycles. The zero-order chi connectivity index (χ0) is 17.4. The Morgan fingerprint density at radius 2 is 1.96 bits per heavy atom. The van der Waals surface area contributed by atoms with E-state index < -0.39 is 0 Å². The van der Waals surface area contributed by atoms with Crippen LogP contribution in [0.1, 0.15) is 31.2 Å². The van der Waals surface area contributed by atoms with E-state index in [1.807, 2.05) is 12.1 Å². The molecule has 0 aromatic heterocycles. The molecule has 3 atom stereocenters. The molecule has 1 saturated carbocycles. The number of methoxy groups -OCH3 is 2. The minimum Gasteiger partial charge on any atom is -0.496 e. The minimum atomic E-state index is -0.240. The number of rotatable bonds is 4. The summed E-state index contributed by atoms with van der Waals surface area (Å²) in [5.41, 5.74) is 0.957. The average Bonchev–Trinajstić information content (AvgIpc) is 2.99. The molecule has 25 heavy (non-hydrogen) atoms. The Morgan fingerprint density at radius 3 is 2.68 bits per heavy atom. The second-order valence-corrected chi connectivity index (χ2v) is 7.24. The lowest BCUT2D eigenvalue weighted by Crippen LogP contribution is -2.51. The van der Waals surface area contributed by atoms with Crippen molar-refractivity contribution in [1.82, 2.24) is 4.90 Å². The van der Waals surface area contributed by atoms with Gasteiger partial charge in [-0.3, -0.25) is 4.90 Å². The summed E-state index contributed by atoms with van der Waals surface area (Å²) in [6.45, 7) is 2.85. The highest BCUT2D eigenvalue weighted by Gasteiger charge is 2.50. The Kier molecular flexibility index (Phi) is 4.52. The molecule has 4 rings (SSSR count). The summed E-state index contributed by atoms with van der Waals surface area (Å²) in [7, 11) is 3.49. The molecule has 138 valence electrons. The summed E-state index contributed by atoms with van der Waals surface area (Å²) in [6.07, 6.45) is 3.28. The molecule has 0 amide bonds. The lowest BCUT2D eigenvalue weighted by Gasteiger charge is -2.42. The van der Waals surface area contributed by atoms with Crippen LogP contribution in [0.25, 0.3) is 0 Å². The van der Waals surface area contributed by atoms with Crippen LogP contribution in [-0.4, -0.2) is 61.7 Å². The van der Waals surface area contributed by atoms with Crippen molar-refractivity contribution in [3.8, 4) is 17.2 Å². The van der Waals surface area contributed by atoms with Crippen molar-refractivity contribution in [3.63, 3.8) is 0 Å². The first-order chi connectivity index (χ1) is 12.1. The summed E-state index contributed by atoms with van der Waals surface area (Å²) >= 11 is 0. The maximum absolute atomic E-state index is 10.2. The SMILES string of the molecule is COc1cc2c(cc1CN1CC[C@]3(OC)CC[C@H](O)C[C@H]13)OCCO2. The molecular formula is C19H27NO5. The van der Waals surface area contributed by atoms with Crippen molar-refractivity contribution in [2.75, 3.05) is 34.0 Å². The predicted octanol–water partition coefficient (Wildman–Crippen LogP) is 1.97. The van der Waals surface area contributed by atoms with E-state index >= 15 is 0 Å². The Balaban J connectivity index is 1.59. The molecule has 0 bridgehead atoms. The van der Waals surface area contributed by atoms with Crippen molar-refractivity contribution in [3.05, 3.63) is 17.7 Å². The summed E-state index contributed by atoms with van der Waals surface area (Å²) in [4.78, 5) is 2.42. The van der Waals surface area contributed by atoms with E-state index in [4.69, 9.17) is 18.9 Å². The van der Waals surface area contributed by atoms with Gasteiger partial charge in [0.25, 0.3) is 0 Å². The number of aliphatic hydroxyl groups excluding tert-OH is 1. The Hall–Kier alpha value is -1.50. The summed E-state index contributed by atoms with van der Waals surface area (Å²) in [5, 5.41) is 10.2. The molecule has 1 saturated heterocycles. The van der Waals surface area contributed by atoms with Crippen LogP contribution in [0.3, 0.4) is 0 Å². The van der Waals surface area contributed by atoms with E-state index in [9.17, 15) is 5.11 Å². The van der Waals surface area contributed by atoms with Gasteiger partial charge in [-0.2, -0.15) is 0 Å². The van der Waals surface area contributed by atoms with Gasteiger partial charge in [0.1, 0.15) is 19.0 Å². The van der Waals surface area contributed by atoms with Crippen LogP contribution in [0.5, 0.6) is 17.2 Å². The fourth-order valence-electron chi connectivity index (χ4n) is 4.60. The van der Waals surface area contributed by atoms with Gasteiger partial charge in [0, 0.05) is 37.9 Å². The summed E-state index contributed by atoms with van der Waals surface area (Å²) in [6, 6.07) is 4.18. The molecule has 3 aliphatic rings. The maximum atomic E-state index is 10.2. The van der Waals surface area contributed by atoms with Gasteiger partial charge in [-0.1, -0.05) is 0 Å². The van der Waals surface area contributed by atoms with Crippen LogP contribution in [0.15, 0.2) is 12.1 Å². The van der Waals surface area contributed by atoms with E-state index in [2.05, 4.69) is 4.90 Å². The van der Waals surface area contributed by atoms with Crippen molar-refractivity contribution in [1.29, 1.82) is 0 Å². The van der Waals surface area contributed by atoms with Gasteiger partial charge < -0.3 is 24.1 Å². The van der Waals surface area contributed by atoms with Crippen LogP contribution in [0, 0.1) is 0 Å². The topological polar surface area (TPSA) is 60.4 Å². The first-order valence-electron chi connectivity index (χ1n) is 9.09. The fraction of sp³-hybridized carbons (Fsp3) is 0.684. The van der Waals surface area contributed by atoms with Crippen LogP contribution in [-0.2, 0) is 11.3 Å². The van der Waals surface area contributed by atoms with Gasteiger partial charge in [-0.15, -0.1) is 0 Å². The Bertz CT molecular complexity index is 636. The second kappa shape index (κ2) is 6.67. The molecule has 0 unspecified atom stereocenters. The van der Waals surface area contributed by atoms with Gasteiger partial charge in [-0.05, 0) is 31.7 Å². The quantitative estimate of drug-likeness (QED) is 0.897. The third kappa shape index (κ3) is 2.96. The monoisotopic (exact) mass is 349 g/mol. The number of hydrogen-bond donors (Lipinski definition) is 1. The Labute approximate surface area is 148 Å². The van der Waals surface area contributed by atoms with Gasteiger partial charge in [0.05, 0.1) is 18.8 Å². The number of ether oxygens (including phenoxy) is 4. The smallest absolute Gasteiger partial charge is 0.165 e. The van der Waals surface area contributed by atoms with Crippen molar-refractivity contribution >= 4 is 0 Å². The van der Waals surface area contributed by atoms with E-state index in [0.717, 1.165) is 61.6 Å². The molecule has 6 heteroatoms. The number of fused-ring (bicyclic) bond motifs is 2. The van der Waals surface area contributed by atoms with E-state index in [1.54, 1.807) is 14.2 Å². The third-order valence-corrected chi connectivity index (χ3v) is 5.99. The van der Waals surface area contributed by atoms with Gasteiger partial charge >= 0.3 is 0 Å². The summed E-state index contributed by atoms with van der Waals surface area (Å²) in [5.74, 6) is 2.34. The first kappa shape index (κ1) is 16.9. The molecule has 6 nitrogen and oxygen atoms in total. The third-order valence-electron chi connectivity index (χ3n) is 5.99. The molecule has 2 fully saturated rings. The zero-order valence-corrected chi connectivity index (χ0v) is 15.0. The normalized spacial score (nSPS) is 31.6. The molecule has 0 radical (unpaired) electrons. The van der Waals surface area contributed by atoms with E-state index in [1.165, 1.54) is 0 Å². The standard InChI is InChI=1S/C19H27NO5/c1-22-15-11-17-16(24-7-8-25-17)9-13(15)12-20-6-5-19(23-2)4-3-14(21)10-18(19)20/h9,11,14,18,21H,3-8,10,12H2,1-2H3/t14-,18-,19+/m0/s1. The highest BCUT2D eigenvalue weighted by molar-refractivity contribution is 5.51. The van der Waals surface area contributed by atoms with Crippen molar-refractivity contribution in [2.45, 2.75) is 50.0 Å². The highest BCUT2D eigenvalue weighted by atomic mass is 16.6. The zero-order valence-electron chi connectivity index (χ0n) is 15.0. The predicted molar refractivity (Wildman–Crippen MR) is 92.4 cm³/mol. The average molecular weight is 349 g/mol. The fourth-order valence-corrected chi connectivity index (χ4v) is 4.60. The highest BCUT2D eigenvalue weighted by Crippen LogP contribution is 2.44. The van der Waals surface area contributed by atoms with Crippen LogP contribution < -0.4 is 14.2 Å². The molecular weight excluding hydrogens is 322 g/mol. The first-order valence-corrected chi connectivity index (χ1v) is 9.09. The number of hydrogen-bond acceptors (Lipinski definition) is 6. The number of aliphatic hydroxyl groups is 1. The number of nitrogens with zero attached hydrogens (tertiary/aromatic N) is 1. The van der Waals surface area contributed by atoms with E-state index in [0.29, 0.717) is 13.2 Å². The van der Waals surface area contributed by atoms with Gasteiger partial charge in [0.2, 0.25) is 0 Å². The molecule has 1 aliphatic carbocycles. The lowest BCUT2D eigenvalue weighted by atomic mass is 9.79. The summed E-state index contributed by atoms with van der Waals surface area (Å²) < 4.78 is 22.9. The van der Waals surface area contributed by atoms with Crippen molar-refractivity contribution < 1.29 is 24.1 Å².